The van der Waals surface area contributed by atoms with Crippen LogP contribution in [0.3, 0.4) is 0 Å². The summed E-state index contributed by atoms with van der Waals surface area (Å²) in [7, 11) is 1.45. The van der Waals surface area contributed by atoms with Crippen LogP contribution >= 0.6 is 0 Å². The van der Waals surface area contributed by atoms with Crippen LogP contribution in [-0.4, -0.2) is 26.3 Å². The van der Waals surface area contributed by atoms with Crippen molar-refractivity contribution in [3.05, 3.63) is 0 Å². The van der Waals surface area contributed by atoms with E-state index < -0.39 is 11.3 Å². The lowest BCUT2D eigenvalue weighted by Gasteiger charge is -2.21. The number of rotatable bonds is 3. The van der Waals surface area contributed by atoms with Crippen molar-refractivity contribution in [1.29, 1.82) is 0 Å². The van der Waals surface area contributed by atoms with E-state index in [1.165, 1.54) is 7.05 Å². The summed E-state index contributed by atoms with van der Waals surface area (Å²) in [6.45, 7) is 3.73. The molecule has 5 heteroatoms. The smallest absolute Gasteiger partial charge is 0.0350 e. The molecule has 4 nitrogen and oxygen atoms in total. The van der Waals surface area contributed by atoms with E-state index in [2.05, 4.69) is 5.43 Å². The van der Waals surface area contributed by atoms with Gasteiger partial charge in [-0.05, 0) is 13.8 Å². The fourth-order valence-corrected chi connectivity index (χ4v) is 0.704. The highest BCUT2D eigenvalue weighted by molar-refractivity contribution is 7.76. The summed E-state index contributed by atoms with van der Waals surface area (Å²) in [6, 6.07) is 0.146. The summed E-state index contributed by atoms with van der Waals surface area (Å²) in [4.78, 5) is 0. The second-order valence-corrected chi connectivity index (χ2v) is 2.98. The number of hydrogen-bond donors (Lipinski definition) is 1. The van der Waals surface area contributed by atoms with Gasteiger partial charge in [-0.2, -0.15) is 4.41 Å². The second-order valence-electron chi connectivity index (χ2n) is 2.00. The molecule has 1 unspecified atom stereocenters. The van der Waals surface area contributed by atoms with Gasteiger partial charge in [-0.1, -0.05) is 0 Å². The van der Waals surface area contributed by atoms with E-state index >= 15 is 0 Å². The minimum absolute atomic E-state index is 0.146. The van der Waals surface area contributed by atoms with Gasteiger partial charge in [0.15, 0.2) is 0 Å². The fraction of sp³-hybridized carbons (Fsp3) is 1.00. The van der Waals surface area contributed by atoms with Crippen LogP contribution < -0.4 is 5.43 Å². The van der Waals surface area contributed by atoms with Crippen LogP contribution in [0, 0.1) is 0 Å². The molecule has 1 atom stereocenters. The summed E-state index contributed by atoms with van der Waals surface area (Å²) in [5.74, 6) is 0. The van der Waals surface area contributed by atoms with E-state index in [0.29, 0.717) is 0 Å². The van der Waals surface area contributed by atoms with Crippen molar-refractivity contribution in [2.45, 2.75) is 19.9 Å². The van der Waals surface area contributed by atoms with Gasteiger partial charge in [0.2, 0.25) is 0 Å². The SMILES string of the molecule is CC(C)NN(C)S(=O)[O-]. The van der Waals surface area contributed by atoms with E-state index in [4.69, 9.17) is 0 Å². The monoisotopic (exact) mass is 151 g/mol. The summed E-state index contributed by atoms with van der Waals surface area (Å²) < 4.78 is 21.2. The Morgan fingerprint density at radius 3 is 2.22 bits per heavy atom. The van der Waals surface area contributed by atoms with Crippen LogP contribution in [0.4, 0.5) is 0 Å². The Morgan fingerprint density at radius 1 is 1.67 bits per heavy atom. The molecule has 0 radical (unpaired) electrons. The molecule has 0 aromatic heterocycles. The molecule has 0 aliphatic heterocycles. The van der Waals surface area contributed by atoms with E-state index in [9.17, 15) is 8.76 Å². The van der Waals surface area contributed by atoms with Crippen LogP contribution in [0.2, 0.25) is 0 Å². The quantitative estimate of drug-likeness (QED) is 0.442. The number of nitrogens with zero attached hydrogens (tertiary/aromatic N) is 1. The third-order valence-electron chi connectivity index (χ3n) is 0.664. The molecule has 0 heterocycles. The van der Waals surface area contributed by atoms with Crippen LogP contribution in [-0.2, 0) is 11.3 Å². The number of hydrazine groups is 1. The largest absolute Gasteiger partial charge is 0.759 e. The number of hydrogen-bond acceptors (Lipinski definition) is 3. The van der Waals surface area contributed by atoms with Crippen molar-refractivity contribution in [2.75, 3.05) is 7.05 Å². The summed E-state index contributed by atoms with van der Waals surface area (Å²) in [5.41, 5.74) is 2.66. The molecule has 0 aliphatic rings. The van der Waals surface area contributed by atoms with Gasteiger partial charge in [-0.25, -0.2) is 5.43 Å². The molecule has 0 fully saturated rings. The predicted octanol–water partition coefficient (Wildman–Crippen LogP) is -0.375. The lowest BCUT2D eigenvalue weighted by molar-refractivity contribution is 0.320. The van der Waals surface area contributed by atoms with Crippen molar-refractivity contribution in [1.82, 2.24) is 9.84 Å². The zero-order valence-electron chi connectivity index (χ0n) is 5.75. The molecule has 0 rings (SSSR count). The van der Waals surface area contributed by atoms with Crippen molar-refractivity contribution in [3.63, 3.8) is 0 Å². The van der Waals surface area contributed by atoms with Gasteiger partial charge in [0.25, 0.3) is 0 Å². The van der Waals surface area contributed by atoms with E-state index in [-0.39, 0.29) is 6.04 Å². The van der Waals surface area contributed by atoms with Gasteiger partial charge >= 0.3 is 0 Å². The Balaban J connectivity index is 3.50. The molecule has 0 saturated carbocycles. The molecule has 0 spiro atoms. The van der Waals surface area contributed by atoms with Crippen molar-refractivity contribution >= 4 is 11.3 Å². The molecule has 0 aromatic rings. The summed E-state index contributed by atoms with van der Waals surface area (Å²) >= 11 is -2.16. The Hall–Kier alpha value is 0.0300. The van der Waals surface area contributed by atoms with Crippen LogP contribution in [0.5, 0.6) is 0 Å². The first kappa shape index (κ1) is 9.03. The average Bonchev–Trinajstić information content (AvgIpc) is 1.63. The highest BCUT2D eigenvalue weighted by Crippen LogP contribution is 1.82. The van der Waals surface area contributed by atoms with Crippen LogP contribution in [0.1, 0.15) is 13.8 Å². The standard InChI is InChI=1S/C4H12N2O2S/c1-4(2)5-6(3)9(7)8/h4-5H,1-3H3,(H,7,8)/p-1. The zero-order valence-corrected chi connectivity index (χ0v) is 6.57. The molecule has 9 heavy (non-hydrogen) atoms. The normalized spacial score (nSPS) is 14.9. The van der Waals surface area contributed by atoms with Crippen molar-refractivity contribution in [2.24, 2.45) is 0 Å². The van der Waals surface area contributed by atoms with Crippen LogP contribution in [0.25, 0.3) is 0 Å². The van der Waals surface area contributed by atoms with Gasteiger partial charge in [0.05, 0.1) is 0 Å². The first-order valence-electron chi connectivity index (χ1n) is 2.63. The van der Waals surface area contributed by atoms with Gasteiger partial charge < -0.3 is 4.55 Å². The van der Waals surface area contributed by atoms with Crippen molar-refractivity contribution < 1.29 is 8.76 Å². The fourth-order valence-electron chi connectivity index (χ4n) is 0.407. The maximum Gasteiger partial charge on any atom is 0.0350 e. The molecular formula is C4H11N2O2S-. The van der Waals surface area contributed by atoms with E-state index in [0.717, 1.165) is 4.41 Å². The lowest BCUT2D eigenvalue weighted by atomic mass is 10.4. The molecule has 0 saturated heterocycles. The van der Waals surface area contributed by atoms with Gasteiger partial charge in [-0.15, -0.1) is 0 Å². The Morgan fingerprint density at radius 2 is 2.11 bits per heavy atom. The number of nitrogens with one attached hydrogen (secondary N) is 1. The third kappa shape index (κ3) is 4.53. The first-order valence-corrected chi connectivity index (χ1v) is 3.66. The molecule has 0 amide bonds. The van der Waals surface area contributed by atoms with Gasteiger partial charge in [0.1, 0.15) is 0 Å². The average molecular weight is 151 g/mol. The first-order chi connectivity index (χ1) is 4.04. The summed E-state index contributed by atoms with van der Waals surface area (Å²) in [5, 5.41) is 0. The molecule has 0 aromatic carbocycles. The lowest BCUT2D eigenvalue weighted by Crippen LogP contribution is -2.40. The minimum atomic E-state index is -2.16. The molecule has 0 bridgehead atoms. The van der Waals surface area contributed by atoms with Gasteiger partial charge in [0, 0.05) is 24.4 Å². The molecule has 1 N–H and O–H groups in total. The molecule has 56 valence electrons. The zero-order chi connectivity index (χ0) is 7.44. The highest BCUT2D eigenvalue weighted by Gasteiger charge is 1.96. The Labute approximate surface area is 57.6 Å². The van der Waals surface area contributed by atoms with E-state index in [1.54, 1.807) is 0 Å². The molecular weight excluding hydrogens is 140 g/mol. The maximum absolute atomic E-state index is 10.1. The molecule has 0 aliphatic carbocycles. The minimum Gasteiger partial charge on any atom is -0.759 e. The van der Waals surface area contributed by atoms with Gasteiger partial charge in [-0.3, -0.25) is 4.21 Å². The van der Waals surface area contributed by atoms with Crippen molar-refractivity contribution in [3.8, 4) is 0 Å². The Kier molecular flexibility index (Phi) is 3.96. The summed E-state index contributed by atoms with van der Waals surface area (Å²) in [6.07, 6.45) is 0. The topological polar surface area (TPSA) is 55.4 Å². The van der Waals surface area contributed by atoms with E-state index in [1.807, 2.05) is 13.8 Å². The second kappa shape index (κ2) is 3.94. The highest BCUT2D eigenvalue weighted by atomic mass is 32.2. The third-order valence-corrected chi connectivity index (χ3v) is 1.22. The Bertz CT molecular complexity index is 107. The predicted molar refractivity (Wildman–Crippen MR) is 35.0 cm³/mol. The maximum atomic E-state index is 10.1. The van der Waals surface area contributed by atoms with Crippen LogP contribution in [0.15, 0.2) is 0 Å².